The fourth-order valence-electron chi connectivity index (χ4n) is 1.71. The van der Waals surface area contributed by atoms with Crippen molar-refractivity contribution in [1.82, 2.24) is 5.43 Å². The molecule has 0 atom stereocenters. The first-order valence-corrected chi connectivity index (χ1v) is 7.02. The molecule has 0 saturated carbocycles. The molecule has 0 radical (unpaired) electrons. The number of hydrogen-bond donors (Lipinski definition) is 2. The van der Waals surface area contributed by atoms with Crippen LogP contribution in [0.1, 0.15) is 11.1 Å². The zero-order valence-electron chi connectivity index (χ0n) is 10.6. The summed E-state index contributed by atoms with van der Waals surface area (Å²) in [6.45, 7) is 0. The van der Waals surface area contributed by atoms with Crippen LogP contribution in [-0.2, 0) is 0 Å². The normalized spacial score (nSPS) is 11.3. The molecule has 0 aliphatic rings. The number of hydrogen-bond acceptors (Lipinski definition) is 2. The molecule has 0 aliphatic heterocycles. The number of thiocarbonyl (C=S) groups is 1. The summed E-state index contributed by atoms with van der Waals surface area (Å²) >= 11 is 8.00. The van der Waals surface area contributed by atoms with E-state index in [1.165, 1.54) is 12.1 Å². The average molecular weight is 370 g/mol. The highest BCUT2D eigenvalue weighted by Crippen LogP contribution is 2.19. The lowest BCUT2D eigenvalue weighted by Gasteiger charge is -2.09. The molecule has 0 unspecified atom stereocenters. The second-order valence-corrected chi connectivity index (χ2v) is 5.40. The molecule has 2 aromatic carbocycles. The molecule has 0 bridgehead atoms. The molecule has 108 valence electrons. The first kappa shape index (κ1) is 15.5. The monoisotopic (exact) mass is 369 g/mol. The van der Waals surface area contributed by atoms with Crippen LogP contribution < -0.4 is 11.2 Å². The van der Waals surface area contributed by atoms with Crippen LogP contribution >= 0.6 is 28.1 Å². The summed E-state index contributed by atoms with van der Waals surface area (Å²) in [5.41, 5.74) is 8.52. The third-order valence-electron chi connectivity index (χ3n) is 2.58. The number of rotatable bonds is 3. The first-order chi connectivity index (χ1) is 9.99. The Hall–Kier alpha value is -1.86. The Morgan fingerprint density at radius 2 is 1.90 bits per heavy atom. The van der Waals surface area contributed by atoms with Gasteiger partial charge in [-0.2, -0.15) is 5.10 Å². The van der Waals surface area contributed by atoms with E-state index in [0.717, 1.165) is 10.5 Å². The summed E-state index contributed by atoms with van der Waals surface area (Å²) in [5.74, 6) is -1.94. The van der Waals surface area contributed by atoms with Crippen molar-refractivity contribution in [2.45, 2.75) is 0 Å². The van der Waals surface area contributed by atoms with Gasteiger partial charge in [0, 0.05) is 15.6 Å². The molecule has 0 spiro atoms. The Bertz CT molecular complexity index is 719. The second kappa shape index (κ2) is 6.73. The van der Waals surface area contributed by atoms with Crippen LogP contribution in [-0.4, -0.2) is 10.8 Å². The Balaban J connectivity index is 2.59. The third kappa shape index (κ3) is 3.83. The molecular formula is C14H10BrF2N3S. The highest BCUT2D eigenvalue weighted by Gasteiger charge is 2.15. The lowest BCUT2D eigenvalue weighted by Crippen LogP contribution is -2.26. The fourth-order valence-corrected chi connectivity index (χ4v) is 2.16. The minimum Gasteiger partial charge on any atom is -0.375 e. The molecule has 0 heterocycles. The van der Waals surface area contributed by atoms with Crippen LogP contribution in [0.25, 0.3) is 0 Å². The molecular weight excluding hydrogens is 360 g/mol. The van der Waals surface area contributed by atoms with Crippen LogP contribution in [0.3, 0.4) is 0 Å². The quantitative estimate of drug-likeness (QED) is 0.495. The van der Waals surface area contributed by atoms with E-state index >= 15 is 0 Å². The topological polar surface area (TPSA) is 50.4 Å². The number of nitrogens with two attached hydrogens (primary N) is 1. The third-order valence-corrected chi connectivity index (χ3v) is 3.17. The van der Waals surface area contributed by atoms with Crippen molar-refractivity contribution in [2.75, 3.05) is 0 Å². The Morgan fingerprint density at radius 3 is 2.57 bits per heavy atom. The molecule has 7 heteroatoms. The standard InChI is InChI=1S/C14H10BrF2N3S/c15-9-4-1-3-8(7-9)13(19-20-14(18)21)10-5-2-6-11(16)12(10)17/h1-7H,(H3,18,20,21)/b19-13-. The van der Waals surface area contributed by atoms with Gasteiger partial charge in [0.15, 0.2) is 16.7 Å². The summed E-state index contributed by atoms with van der Waals surface area (Å²) in [5, 5.41) is 3.91. The van der Waals surface area contributed by atoms with Gasteiger partial charge in [-0.15, -0.1) is 0 Å². The number of benzene rings is 2. The van der Waals surface area contributed by atoms with Gasteiger partial charge in [-0.1, -0.05) is 34.1 Å². The molecule has 0 saturated heterocycles. The molecule has 0 amide bonds. The number of nitrogens with zero attached hydrogens (tertiary/aromatic N) is 1. The van der Waals surface area contributed by atoms with E-state index in [1.54, 1.807) is 18.2 Å². The van der Waals surface area contributed by atoms with Gasteiger partial charge in [0.25, 0.3) is 0 Å². The van der Waals surface area contributed by atoms with E-state index in [9.17, 15) is 8.78 Å². The van der Waals surface area contributed by atoms with Crippen molar-refractivity contribution in [1.29, 1.82) is 0 Å². The van der Waals surface area contributed by atoms with Gasteiger partial charge in [-0.3, -0.25) is 5.43 Å². The van der Waals surface area contributed by atoms with Crippen molar-refractivity contribution >= 4 is 39.0 Å². The maximum absolute atomic E-state index is 14.0. The fraction of sp³-hybridized carbons (Fsp3) is 0. The molecule has 0 aromatic heterocycles. The molecule has 0 fully saturated rings. The molecule has 3 N–H and O–H groups in total. The van der Waals surface area contributed by atoms with E-state index in [2.05, 4.69) is 38.7 Å². The van der Waals surface area contributed by atoms with Crippen LogP contribution in [0.4, 0.5) is 8.78 Å². The van der Waals surface area contributed by atoms with Gasteiger partial charge in [0.1, 0.15) is 5.71 Å². The minimum absolute atomic E-state index is 0.0110. The zero-order valence-corrected chi connectivity index (χ0v) is 13.0. The first-order valence-electron chi connectivity index (χ1n) is 5.82. The van der Waals surface area contributed by atoms with Crippen molar-refractivity contribution in [3.05, 3.63) is 69.7 Å². The van der Waals surface area contributed by atoms with Gasteiger partial charge < -0.3 is 5.73 Å². The van der Waals surface area contributed by atoms with Crippen molar-refractivity contribution in [2.24, 2.45) is 10.8 Å². The molecule has 0 aliphatic carbocycles. The number of hydrazone groups is 1. The Labute approximate surface area is 134 Å². The second-order valence-electron chi connectivity index (χ2n) is 4.05. The van der Waals surface area contributed by atoms with Gasteiger partial charge in [0.05, 0.1) is 0 Å². The molecule has 3 nitrogen and oxygen atoms in total. The van der Waals surface area contributed by atoms with Crippen molar-refractivity contribution < 1.29 is 8.78 Å². The van der Waals surface area contributed by atoms with E-state index in [-0.39, 0.29) is 16.4 Å². The van der Waals surface area contributed by atoms with Crippen molar-refractivity contribution in [3.8, 4) is 0 Å². The predicted octanol–water partition coefficient (Wildman–Crippen LogP) is 3.31. The highest BCUT2D eigenvalue weighted by molar-refractivity contribution is 9.10. The van der Waals surface area contributed by atoms with E-state index in [1.807, 2.05) is 6.07 Å². The lowest BCUT2D eigenvalue weighted by atomic mass is 10.0. The van der Waals surface area contributed by atoms with Gasteiger partial charge >= 0.3 is 0 Å². The van der Waals surface area contributed by atoms with Crippen molar-refractivity contribution in [3.63, 3.8) is 0 Å². The molecule has 2 rings (SSSR count). The van der Waals surface area contributed by atoms with Crippen LogP contribution in [0, 0.1) is 11.6 Å². The Kier molecular flexibility index (Phi) is 4.98. The smallest absolute Gasteiger partial charge is 0.184 e. The highest BCUT2D eigenvalue weighted by atomic mass is 79.9. The van der Waals surface area contributed by atoms with Crippen LogP contribution in [0.2, 0.25) is 0 Å². The maximum atomic E-state index is 14.0. The summed E-state index contributed by atoms with van der Waals surface area (Å²) in [7, 11) is 0. The largest absolute Gasteiger partial charge is 0.375 e. The zero-order chi connectivity index (χ0) is 15.4. The van der Waals surface area contributed by atoms with Gasteiger partial charge in [-0.05, 0) is 36.5 Å². The van der Waals surface area contributed by atoms with E-state index in [4.69, 9.17) is 5.73 Å². The van der Waals surface area contributed by atoms with Crippen LogP contribution in [0.5, 0.6) is 0 Å². The minimum atomic E-state index is -0.985. The number of nitrogens with one attached hydrogen (secondary N) is 1. The number of halogens is 3. The van der Waals surface area contributed by atoms with Gasteiger partial charge in [-0.25, -0.2) is 8.78 Å². The predicted molar refractivity (Wildman–Crippen MR) is 86.1 cm³/mol. The average Bonchev–Trinajstić information content (AvgIpc) is 2.43. The summed E-state index contributed by atoms with van der Waals surface area (Å²) in [4.78, 5) is 0. The van der Waals surface area contributed by atoms with Gasteiger partial charge in [0.2, 0.25) is 0 Å². The van der Waals surface area contributed by atoms with E-state index < -0.39 is 11.6 Å². The molecule has 2 aromatic rings. The summed E-state index contributed by atoms with van der Waals surface area (Å²) < 4.78 is 28.2. The van der Waals surface area contributed by atoms with E-state index in [0.29, 0.717) is 5.56 Å². The maximum Gasteiger partial charge on any atom is 0.184 e. The lowest BCUT2D eigenvalue weighted by molar-refractivity contribution is 0.507. The SMILES string of the molecule is NC(=S)N/N=C(/c1cccc(Br)c1)c1cccc(F)c1F. The summed E-state index contributed by atoms with van der Waals surface area (Å²) in [6, 6.07) is 10.9. The summed E-state index contributed by atoms with van der Waals surface area (Å²) in [6.07, 6.45) is 0. The van der Waals surface area contributed by atoms with Crippen LogP contribution in [0.15, 0.2) is 52.0 Å². The Morgan fingerprint density at radius 1 is 1.19 bits per heavy atom. The molecule has 21 heavy (non-hydrogen) atoms.